The molecule has 98 valence electrons. The van der Waals surface area contributed by atoms with Gasteiger partial charge in [0.15, 0.2) is 0 Å². The number of sulfonamides is 1. The van der Waals surface area contributed by atoms with Crippen LogP contribution < -0.4 is 10.5 Å². The fraction of sp³-hybridized carbons (Fsp3) is 0.222. The molecule has 0 atom stereocenters. The number of halogens is 1. The van der Waals surface area contributed by atoms with Crippen molar-refractivity contribution >= 4 is 37.3 Å². The maximum Gasteiger partial charge on any atom is 0.242 e. The zero-order valence-corrected chi connectivity index (χ0v) is 12.3. The molecule has 2 aromatic rings. The van der Waals surface area contributed by atoms with Crippen LogP contribution in [0.4, 0.5) is 0 Å². The van der Waals surface area contributed by atoms with Gasteiger partial charge in [0.25, 0.3) is 0 Å². The van der Waals surface area contributed by atoms with Crippen LogP contribution in [0.25, 0.3) is 0 Å². The second-order valence-corrected chi connectivity index (χ2v) is 7.56. The molecule has 0 fully saturated rings. The zero-order valence-electron chi connectivity index (χ0n) is 9.09. The van der Waals surface area contributed by atoms with Gasteiger partial charge >= 0.3 is 0 Å². The lowest BCUT2D eigenvalue weighted by atomic mass is 10.5. The van der Waals surface area contributed by atoms with E-state index >= 15 is 0 Å². The predicted octanol–water partition coefficient (Wildman–Crippen LogP) is 1.44. The van der Waals surface area contributed by atoms with Crippen molar-refractivity contribution in [2.24, 2.45) is 5.73 Å². The van der Waals surface area contributed by atoms with E-state index in [0.29, 0.717) is 16.0 Å². The quantitative estimate of drug-likeness (QED) is 0.848. The molecule has 9 heteroatoms. The highest BCUT2D eigenvalue weighted by Crippen LogP contribution is 2.31. The first kappa shape index (κ1) is 13.7. The van der Waals surface area contributed by atoms with Gasteiger partial charge in [-0.15, -0.1) is 11.3 Å². The Morgan fingerprint density at radius 1 is 1.56 bits per heavy atom. The van der Waals surface area contributed by atoms with Crippen molar-refractivity contribution in [1.82, 2.24) is 9.88 Å². The summed E-state index contributed by atoms with van der Waals surface area (Å²) in [7, 11) is -3.58. The van der Waals surface area contributed by atoms with Gasteiger partial charge in [0, 0.05) is 17.5 Å². The Labute approximate surface area is 116 Å². The molecule has 2 heterocycles. The smallest absolute Gasteiger partial charge is 0.242 e. The molecule has 0 amide bonds. The third kappa shape index (κ3) is 2.98. The summed E-state index contributed by atoms with van der Waals surface area (Å²) in [6.07, 6.45) is 1.39. The van der Waals surface area contributed by atoms with Crippen LogP contribution in [-0.4, -0.2) is 13.6 Å². The molecule has 0 aliphatic heterocycles. The maximum atomic E-state index is 12.0. The fourth-order valence-corrected chi connectivity index (χ4v) is 4.82. The average Bonchev–Trinajstić information content (AvgIpc) is 2.95. The number of thiophene rings is 1. The molecule has 18 heavy (non-hydrogen) atoms. The van der Waals surface area contributed by atoms with E-state index in [1.54, 1.807) is 12.1 Å². The molecule has 0 bridgehead atoms. The molecule has 0 saturated heterocycles. The van der Waals surface area contributed by atoms with Crippen molar-refractivity contribution in [1.29, 1.82) is 0 Å². The van der Waals surface area contributed by atoms with Crippen LogP contribution in [0.2, 0.25) is 0 Å². The van der Waals surface area contributed by atoms with Crippen LogP contribution >= 0.6 is 27.3 Å². The lowest BCUT2D eigenvalue weighted by Gasteiger charge is -2.03. The molecule has 0 radical (unpaired) electrons. The highest BCUT2D eigenvalue weighted by molar-refractivity contribution is 9.11. The van der Waals surface area contributed by atoms with Crippen LogP contribution in [0.5, 0.6) is 0 Å². The van der Waals surface area contributed by atoms with Crippen molar-refractivity contribution in [2.45, 2.75) is 18.0 Å². The van der Waals surface area contributed by atoms with Gasteiger partial charge in [-0.25, -0.2) is 13.1 Å². The Morgan fingerprint density at radius 2 is 2.33 bits per heavy atom. The number of aromatic nitrogens is 1. The van der Waals surface area contributed by atoms with Crippen molar-refractivity contribution in [3.05, 3.63) is 32.8 Å². The van der Waals surface area contributed by atoms with E-state index < -0.39 is 10.0 Å². The highest BCUT2D eigenvalue weighted by atomic mass is 79.9. The SMILES string of the molecule is NCc1cc(S(=O)(=O)NCc2ccon2)c(Br)s1. The Bertz CT molecular complexity index is 622. The molecule has 0 aliphatic carbocycles. The summed E-state index contributed by atoms with van der Waals surface area (Å²) in [6.45, 7) is 0.390. The van der Waals surface area contributed by atoms with Gasteiger partial charge in [-0.2, -0.15) is 0 Å². The lowest BCUT2D eigenvalue weighted by molar-refractivity contribution is 0.411. The second-order valence-electron chi connectivity index (χ2n) is 3.37. The minimum Gasteiger partial charge on any atom is -0.364 e. The van der Waals surface area contributed by atoms with Crippen LogP contribution in [0.1, 0.15) is 10.6 Å². The summed E-state index contributed by atoms with van der Waals surface area (Å²) < 4.78 is 31.7. The normalized spacial score (nSPS) is 11.9. The lowest BCUT2D eigenvalue weighted by Crippen LogP contribution is -2.23. The number of hydrogen-bond acceptors (Lipinski definition) is 6. The summed E-state index contributed by atoms with van der Waals surface area (Å²) in [4.78, 5) is 0.986. The van der Waals surface area contributed by atoms with E-state index in [9.17, 15) is 8.42 Å². The van der Waals surface area contributed by atoms with E-state index in [0.717, 1.165) is 4.88 Å². The number of rotatable bonds is 5. The topological polar surface area (TPSA) is 98.2 Å². The van der Waals surface area contributed by atoms with Gasteiger partial charge in [-0.3, -0.25) is 0 Å². The summed E-state index contributed by atoms with van der Waals surface area (Å²) in [6, 6.07) is 3.15. The molecular weight excluding hydrogens is 342 g/mol. The molecule has 2 aromatic heterocycles. The van der Waals surface area contributed by atoms with E-state index in [1.807, 2.05) is 0 Å². The summed E-state index contributed by atoms with van der Waals surface area (Å²) in [5.41, 5.74) is 6.00. The molecule has 6 nitrogen and oxygen atoms in total. The monoisotopic (exact) mass is 351 g/mol. The first-order chi connectivity index (χ1) is 8.53. The Balaban J connectivity index is 2.17. The number of nitrogens with one attached hydrogen (secondary N) is 1. The number of nitrogens with zero attached hydrogens (tertiary/aromatic N) is 1. The largest absolute Gasteiger partial charge is 0.364 e. The van der Waals surface area contributed by atoms with Gasteiger partial charge in [0.05, 0.1) is 16.0 Å². The average molecular weight is 352 g/mol. The highest BCUT2D eigenvalue weighted by Gasteiger charge is 2.20. The fourth-order valence-electron chi connectivity index (χ4n) is 1.26. The number of hydrogen-bond donors (Lipinski definition) is 2. The van der Waals surface area contributed by atoms with E-state index in [2.05, 4.69) is 30.3 Å². The van der Waals surface area contributed by atoms with Gasteiger partial charge in [0.2, 0.25) is 10.0 Å². The first-order valence-corrected chi connectivity index (χ1v) is 7.99. The minimum atomic E-state index is -3.58. The molecule has 0 saturated carbocycles. The van der Waals surface area contributed by atoms with E-state index in [4.69, 9.17) is 5.73 Å². The molecule has 3 N–H and O–H groups in total. The zero-order chi connectivity index (χ0) is 13.2. The minimum absolute atomic E-state index is 0.0824. The molecule has 0 aromatic carbocycles. The van der Waals surface area contributed by atoms with Crippen LogP contribution in [0.3, 0.4) is 0 Å². The van der Waals surface area contributed by atoms with Crippen LogP contribution in [0.15, 0.2) is 31.6 Å². The summed E-state index contributed by atoms with van der Waals surface area (Å²) >= 11 is 4.53. The predicted molar refractivity (Wildman–Crippen MR) is 70.4 cm³/mol. The van der Waals surface area contributed by atoms with Crippen molar-refractivity contribution < 1.29 is 12.9 Å². The van der Waals surface area contributed by atoms with E-state index in [1.165, 1.54) is 17.6 Å². The number of nitrogens with two attached hydrogens (primary N) is 1. The summed E-state index contributed by atoms with van der Waals surface area (Å²) in [5.74, 6) is 0. The Kier molecular flexibility index (Phi) is 4.17. The standard InChI is InChI=1S/C9H10BrN3O3S2/c10-9-8(3-7(4-11)17-9)18(14,15)12-5-6-1-2-16-13-6/h1-3,12H,4-5,11H2. The van der Waals surface area contributed by atoms with Crippen molar-refractivity contribution in [3.63, 3.8) is 0 Å². The van der Waals surface area contributed by atoms with Gasteiger partial charge in [0.1, 0.15) is 11.2 Å². The molecule has 0 unspecified atom stereocenters. The van der Waals surface area contributed by atoms with E-state index in [-0.39, 0.29) is 11.4 Å². The van der Waals surface area contributed by atoms with Gasteiger partial charge in [-0.1, -0.05) is 5.16 Å². The van der Waals surface area contributed by atoms with Crippen LogP contribution in [-0.2, 0) is 23.1 Å². The third-order valence-corrected chi connectivity index (χ3v) is 5.81. The Hall–Kier alpha value is -0.740. The molecule has 2 rings (SSSR count). The maximum absolute atomic E-state index is 12.0. The second kappa shape index (κ2) is 5.49. The van der Waals surface area contributed by atoms with Crippen molar-refractivity contribution in [3.8, 4) is 0 Å². The first-order valence-electron chi connectivity index (χ1n) is 4.90. The molecule has 0 aliphatic rings. The van der Waals surface area contributed by atoms with Gasteiger partial charge < -0.3 is 10.3 Å². The third-order valence-electron chi connectivity index (χ3n) is 2.13. The van der Waals surface area contributed by atoms with Gasteiger partial charge in [-0.05, 0) is 22.0 Å². The van der Waals surface area contributed by atoms with Crippen LogP contribution in [0, 0.1) is 0 Å². The summed E-state index contributed by atoms with van der Waals surface area (Å²) in [5, 5.41) is 3.63. The molecular formula is C9H10BrN3O3S2. The van der Waals surface area contributed by atoms with Crippen molar-refractivity contribution in [2.75, 3.05) is 0 Å². The Morgan fingerprint density at radius 3 is 2.89 bits per heavy atom. The molecule has 0 spiro atoms.